The molecule has 0 bridgehead atoms. The van der Waals surface area contributed by atoms with E-state index in [0.717, 1.165) is 31.7 Å². The maximum Gasteiger partial charge on any atom is 0.255 e. The van der Waals surface area contributed by atoms with Gasteiger partial charge in [0.2, 0.25) is 0 Å². The molecule has 1 aromatic heterocycles. The molecule has 0 fully saturated rings. The van der Waals surface area contributed by atoms with E-state index in [2.05, 4.69) is 16.9 Å². The number of benzene rings is 2. The van der Waals surface area contributed by atoms with E-state index in [9.17, 15) is 4.79 Å². The summed E-state index contributed by atoms with van der Waals surface area (Å²) in [5, 5.41) is 2.92. The topological polar surface area (TPSA) is 51.2 Å². The molecule has 0 aliphatic rings. The van der Waals surface area contributed by atoms with Crippen molar-refractivity contribution in [2.75, 3.05) is 18.2 Å². The third-order valence-corrected chi connectivity index (χ3v) is 5.46. The second-order valence-electron chi connectivity index (χ2n) is 4.94. The number of amides is 1. The highest BCUT2D eigenvalue weighted by Crippen LogP contribution is 2.31. The number of methoxy groups -OCH3 is 1. The summed E-state index contributed by atoms with van der Waals surface area (Å²) in [6, 6.07) is 12.8. The van der Waals surface area contributed by atoms with Crippen LogP contribution in [0.4, 0.5) is 5.69 Å². The summed E-state index contributed by atoms with van der Waals surface area (Å²) in [5.41, 5.74) is 2.28. The van der Waals surface area contributed by atoms with Crippen LogP contribution in [-0.4, -0.2) is 23.8 Å². The van der Waals surface area contributed by atoms with Gasteiger partial charge in [-0.15, -0.1) is 17.9 Å². The lowest BCUT2D eigenvalue weighted by Gasteiger charge is -2.06. The fourth-order valence-corrected chi connectivity index (χ4v) is 3.99. The third kappa shape index (κ3) is 3.77. The Kier molecular flexibility index (Phi) is 5.17. The number of anilines is 1. The van der Waals surface area contributed by atoms with Crippen molar-refractivity contribution in [2.24, 2.45) is 0 Å². The van der Waals surface area contributed by atoms with Gasteiger partial charge in [-0.25, -0.2) is 4.98 Å². The van der Waals surface area contributed by atoms with Gasteiger partial charge in [-0.1, -0.05) is 17.8 Å². The minimum Gasteiger partial charge on any atom is -0.497 e. The Labute approximate surface area is 148 Å². The first-order chi connectivity index (χ1) is 11.7. The molecule has 4 nitrogen and oxygen atoms in total. The van der Waals surface area contributed by atoms with Gasteiger partial charge >= 0.3 is 0 Å². The highest BCUT2D eigenvalue weighted by Gasteiger charge is 2.09. The molecule has 122 valence electrons. The summed E-state index contributed by atoms with van der Waals surface area (Å²) < 4.78 is 7.15. The van der Waals surface area contributed by atoms with Crippen LogP contribution in [0.2, 0.25) is 0 Å². The molecular weight excluding hydrogens is 340 g/mol. The normalized spacial score (nSPS) is 10.5. The first-order valence-electron chi connectivity index (χ1n) is 7.29. The van der Waals surface area contributed by atoms with E-state index in [1.54, 1.807) is 54.5 Å². The number of hydrogen-bond donors (Lipinski definition) is 1. The van der Waals surface area contributed by atoms with E-state index in [1.165, 1.54) is 0 Å². The van der Waals surface area contributed by atoms with Crippen LogP contribution in [-0.2, 0) is 0 Å². The number of nitrogens with zero attached hydrogens (tertiary/aromatic N) is 1. The van der Waals surface area contributed by atoms with Gasteiger partial charge in [0.1, 0.15) is 5.75 Å². The van der Waals surface area contributed by atoms with Gasteiger partial charge in [-0.3, -0.25) is 4.79 Å². The molecule has 1 heterocycles. The molecule has 0 saturated heterocycles. The second-order valence-corrected chi connectivity index (χ2v) is 7.24. The van der Waals surface area contributed by atoms with Gasteiger partial charge in [0.25, 0.3) is 5.91 Å². The molecule has 0 aliphatic carbocycles. The quantitative estimate of drug-likeness (QED) is 0.507. The number of aromatic nitrogens is 1. The van der Waals surface area contributed by atoms with Crippen molar-refractivity contribution in [3.63, 3.8) is 0 Å². The van der Waals surface area contributed by atoms with Crippen molar-refractivity contribution >= 4 is 44.9 Å². The summed E-state index contributed by atoms with van der Waals surface area (Å²) in [7, 11) is 1.60. The van der Waals surface area contributed by atoms with Crippen LogP contribution < -0.4 is 10.1 Å². The number of ether oxygens (including phenoxy) is 1. The van der Waals surface area contributed by atoms with Crippen LogP contribution in [0.3, 0.4) is 0 Å². The van der Waals surface area contributed by atoms with Crippen LogP contribution in [0.15, 0.2) is 59.5 Å². The van der Waals surface area contributed by atoms with Crippen LogP contribution in [0.5, 0.6) is 5.75 Å². The van der Waals surface area contributed by atoms with E-state index in [0.29, 0.717) is 5.56 Å². The Balaban J connectivity index is 1.76. The molecule has 0 unspecified atom stereocenters. The smallest absolute Gasteiger partial charge is 0.255 e. The molecule has 1 amide bonds. The molecule has 0 radical (unpaired) electrons. The Bertz CT molecular complexity index is 872. The SMILES string of the molecule is C=CCSc1nc2ccc(NC(=O)c3ccc(OC)cc3)cc2s1. The molecule has 1 N–H and O–H groups in total. The number of thioether (sulfide) groups is 1. The fraction of sp³-hybridized carbons (Fsp3) is 0.111. The highest BCUT2D eigenvalue weighted by molar-refractivity contribution is 8.01. The highest BCUT2D eigenvalue weighted by atomic mass is 32.2. The molecule has 3 rings (SSSR count). The molecule has 24 heavy (non-hydrogen) atoms. The number of thiazole rings is 1. The zero-order valence-electron chi connectivity index (χ0n) is 13.1. The minimum atomic E-state index is -0.150. The predicted octanol–water partition coefficient (Wildman–Crippen LogP) is 4.84. The molecule has 6 heteroatoms. The number of carbonyl (C=O) groups excluding carboxylic acids is 1. The van der Waals surface area contributed by atoms with E-state index >= 15 is 0 Å². The Morgan fingerprint density at radius 2 is 2.12 bits per heavy atom. The average molecular weight is 356 g/mol. The van der Waals surface area contributed by atoms with E-state index in [1.807, 2.05) is 24.3 Å². The van der Waals surface area contributed by atoms with Crippen LogP contribution >= 0.6 is 23.1 Å². The molecule has 2 aromatic carbocycles. The standard InChI is InChI=1S/C18H16N2O2S2/c1-3-10-23-18-20-15-9-6-13(11-16(15)24-18)19-17(21)12-4-7-14(22-2)8-5-12/h3-9,11H,1,10H2,2H3,(H,19,21). The molecular formula is C18H16N2O2S2. The van der Waals surface area contributed by atoms with Crippen LogP contribution in [0.1, 0.15) is 10.4 Å². The van der Waals surface area contributed by atoms with Gasteiger partial charge in [0.15, 0.2) is 4.34 Å². The summed E-state index contributed by atoms with van der Waals surface area (Å²) in [6.07, 6.45) is 1.86. The Morgan fingerprint density at radius 3 is 2.83 bits per heavy atom. The fourth-order valence-electron chi connectivity index (χ4n) is 2.12. The van der Waals surface area contributed by atoms with Crippen LogP contribution in [0, 0.1) is 0 Å². The lowest BCUT2D eigenvalue weighted by Crippen LogP contribution is -2.11. The lowest BCUT2D eigenvalue weighted by molar-refractivity contribution is 0.102. The Hall–Kier alpha value is -2.31. The molecule has 0 atom stereocenters. The first kappa shape index (κ1) is 16.5. The molecule has 0 saturated carbocycles. The van der Waals surface area contributed by atoms with Crippen molar-refractivity contribution in [3.05, 3.63) is 60.7 Å². The molecule has 3 aromatic rings. The average Bonchev–Trinajstić information content (AvgIpc) is 3.02. The largest absolute Gasteiger partial charge is 0.497 e. The maximum atomic E-state index is 12.3. The number of fused-ring (bicyclic) bond motifs is 1. The van der Waals surface area contributed by atoms with Gasteiger partial charge < -0.3 is 10.1 Å². The third-order valence-electron chi connectivity index (χ3n) is 3.30. The van der Waals surface area contributed by atoms with Crippen molar-refractivity contribution in [2.45, 2.75) is 4.34 Å². The van der Waals surface area contributed by atoms with Crippen molar-refractivity contribution in [1.82, 2.24) is 4.98 Å². The summed E-state index contributed by atoms with van der Waals surface area (Å²) in [4.78, 5) is 16.9. The first-order valence-corrected chi connectivity index (χ1v) is 9.09. The summed E-state index contributed by atoms with van der Waals surface area (Å²) in [5.74, 6) is 1.41. The number of hydrogen-bond acceptors (Lipinski definition) is 5. The number of rotatable bonds is 6. The van der Waals surface area contributed by atoms with Crippen LogP contribution in [0.25, 0.3) is 10.2 Å². The Morgan fingerprint density at radius 1 is 1.33 bits per heavy atom. The molecule has 0 spiro atoms. The lowest BCUT2D eigenvalue weighted by atomic mass is 10.2. The van der Waals surface area contributed by atoms with Gasteiger partial charge in [-0.2, -0.15) is 0 Å². The maximum absolute atomic E-state index is 12.3. The second kappa shape index (κ2) is 7.51. The van der Waals surface area contributed by atoms with Crippen molar-refractivity contribution in [3.8, 4) is 5.75 Å². The molecule has 0 aliphatic heterocycles. The number of carbonyl (C=O) groups is 1. The van der Waals surface area contributed by atoms with Crippen molar-refractivity contribution < 1.29 is 9.53 Å². The predicted molar refractivity (Wildman–Crippen MR) is 101 cm³/mol. The zero-order chi connectivity index (χ0) is 16.9. The van der Waals surface area contributed by atoms with Crippen molar-refractivity contribution in [1.29, 1.82) is 0 Å². The van der Waals surface area contributed by atoms with Gasteiger partial charge in [0.05, 0.1) is 17.3 Å². The summed E-state index contributed by atoms with van der Waals surface area (Å²) in [6.45, 7) is 3.72. The minimum absolute atomic E-state index is 0.150. The van der Waals surface area contributed by atoms with E-state index < -0.39 is 0 Å². The van der Waals surface area contributed by atoms with Gasteiger partial charge in [-0.05, 0) is 42.5 Å². The zero-order valence-corrected chi connectivity index (χ0v) is 14.7. The summed E-state index contributed by atoms with van der Waals surface area (Å²) >= 11 is 3.27. The van der Waals surface area contributed by atoms with E-state index in [-0.39, 0.29) is 5.91 Å². The monoisotopic (exact) mass is 356 g/mol. The van der Waals surface area contributed by atoms with E-state index in [4.69, 9.17) is 4.74 Å². The van der Waals surface area contributed by atoms with Gasteiger partial charge in [0, 0.05) is 17.0 Å². The number of nitrogens with one attached hydrogen (secondary N) is 1.